The highest BCUT2D eigenvalue weighted by Crippen LogP contribution is 2.38. The largest absolute Gasteiger partial charge is 0.456 e. The zero-order valence-electron chi connectivity index (χ0n) is 19.8. The maximum absolute atomic E-state index is 11.2. The second-order valence-electron chi connectivity index (χ2n) is 9.74. The number of hydrogen-bond acceptors (Lipinski definition) is 5. The molecular formula is C28H29NO4S. The fourth-order valence-electron chi connectivity index (χ4n) is 5.45. The molecule has 3 aliphatic rings. The zero-order valence-corrected chi connectivity index (χ0v) is 20.7. The monoisotopic (exact) mass is 475 g/mol. The predicted octanol–water partition coefficient (Wildman–Crippen LogP) is 4.76. The van der Waals surface area contributed by atoms with Crippen LogP contribution in [0.5, 0.6) is 0 Å². The van der Waals surface area contributed by atoms with Gasteiger partial charge < -0.3 is 19.5 Å². The molecule has 5 rings (SSSR count). The van der Waals surface area contributed by atoms with Gasteiger partial charge in [0, 0.05) is 34.7 Å². The average Bonchev–Trinajstić information content (AvgIpc) is 2.80. The van der Waals surface area contributed by atoms with E-state index in [2.05, 4.69) is 50.8 Å². The summed E-state index contributed by atoms with van der Waals surface area (Å²) >= 11 is 3.71. The van der Waals surface area contributed by atoms with Crippen molar-refractivity contribution in [3.05, 3.63) is 87.5 Å². The number of thiol groups is 1. The fraction of sp³-hybridized carbons (Fsp3) is 0.321. The molecule has 0 fully saturated rings. The van der Waals surface area contributed by atoms with Crippen molar-refractivity contribution in [2.75, 3.05) is 12.4 Å². The number of hydrogen-bond donors (Lipinski definition) is 2. The van der Waals surface area contributed by atoms with Crippen LogP contribution in [0.4, 0.5) is 10.5 Å². The molecule has 1 N–H and O–H groups in total. The highest BCUT2D eigenvalue weighted by molar-refractivity contribution is 7.96. The first-order valence-electron chi connectivity index (χ1n) is 11.5. The van der Waals surface area contributed by atoms with Gasteiger partial charge in [0.05, 0.1) is 0 Å². The fourth-order valence-corrected chi connectivity index (χ4v) is 5.51. The Hall–Kier alpha value is -2.96. The lowest BCUT2D eigenvalue weighted by Gasteiger charge is -2.39. The van der Waals surface area contributed by atoms with Gasteiger partial charge in [-0.05, 0) is 60.7 Å². The van der Waals surface area contributed by atoms with Crippen LogP contribution in [0, 0.1) is 0 Å². The molecule has 34 heavy (non-hydrogen) atoms. The number of nitrogens with one attached hydrogen (secondary N) is 1. The first-order valence-corrected chi connectivity index (χ1v) is 12.0. The Kier molecular flexibility index (Phi) is 5.82. The summed E-state index contributed by atoms with van der Waals surface area (Å²) in [6.45, 7) is 6.92. The molecule has 2 unspecified atom stereocenters. The molecular weight excluding hydrogens is 446 g/mol. The minimum absolute atomic E-state index is 0.00778. The van der Waals surface area contributed by atoms with E-state index in [0.29, 0.717) is 5.92 Å². The summed E-state index contributed by atoms with van der Waals surface area (Å²) in [5.74, 6) is 1.93. The van der Waals surface area contributed by atoms with Gasteiger partial charge >= 0.3 is 5.30 Å². The van der Waals surface area contributed by atoms with Crippen molar-refractivity contribution in [2.45, 2.75) is 51.4 Å². The van der Waals surface area contributed by atoms with E-state index in [9.17, 15) is 4.79 Å². The Labute approximate surface area is 205 Å². The number of benzene rings is 2. The van der Waals surface area contributed by atoms with Crippen molar-refractivity contribution in [2.24, 2.45) is 0 Å². The molecule has 0 aromatic heterocycles. The van der Waals surface area contributed by atoms with E-state index in [1.807, 2.05) is 42.5 Å². The number of carbonyl (C=O) groups is 1. The number of anilines is 1. The first-order chi connectivity index (χ1) is 16.3. The minimum Gasteiger partial charge on any atom is -0.456 e. The second kappa shape index (κ2) is 8.67. The lowest BCUT2D eigenvalue weighted by Crippen LogP contribution is -2.46. The third-order valence-electron chi connectivity index (χ3n) is 6.65. The maximum Gasteiger partial charge on any atom is 0.364 e. The number of methoxy groups -OCH3 is 1. The summed E-state index contributed by atoms with van der Waals surface area (Å²) in [7, 11) is 1.72. The van der Waals surface area contributed by atoms with E-state index in [1.54, 1.807) is 7.11 Å². The van der Waals surface area contributed by atoms with Gasteiger partial charge in [0.1, 0.15) is 24.2 Å². The summed E-state index contributed by atoms with van der Waals surface area (Å²) in [6, 6.07) is 12.3. The molecule has 2 aliphatic heterocycles. The lowest BCUT2D eigenvalue weighted by atomic mass is 9.79. The van der Waals surface area contributed by atoms with Crippen molar-refractivity contribution in [3.8, 4) is 0 Å². The molecule has 1 aliphatic carbocycles. The molecule has 2 aromatic carbocycles. The van der Waals surface area contributed by atoms with E-state index in [-0.39, 0.29) is 18.2 Å². The smallest absolute Gasteiger partial charge is 0.364 e. The van der Waals surface area contributed by atoms with Gasteiger partial charge in [-0.15, -0.1) is 0 Å². The average molecular weight is 476 g/mol. The minimum atomic E-state index is -0.599. The Morgan fingerprint density at radius 2 is 2.09 bits per heavy atom. The van der Waals surface area contributed by atoms with Crippen LogP contribution in [0.3, 0.4) is 0 Å². The highest BCUT2D eigenvalue weighted by atomic mass is 32.1. The van der Waals surface area contributed by atoms with E-state index >= 15 is 0 Å². The van der Waals surface area contributed by atoms with E-state index in [0.717, 1.165) is 50.8 Å². The van der Waals surface area contributed by atoms with Gasteiger partial charge in [0.2, 0.25) is 0 Å². The topological polar surface area (TPSA) is 56.8 Å². The standard InChI is InChI=1S/C28H29NO4S/c1-16-14-28(2,3)29-20-12-11-19-24-21(31-4)9-6-10-22(24)33-26(25(19)23(16)20)18-8-5-7-17(13-18)15-32-27(30)34/h5-13,16,21,29H,14-15H2,1-4H3,(H,30,34). The van der Waals surface area contributed by atoms with Crippen molar-refractivity contribution in [1.82, 2.24) is 0 Å². The number of ether oxygens (including phenoxy) is 3. The van der Waals surface area contributed by atoms with Crippen LogP contribution in [0.25, 0.3) is 11.3 Å². The molecule has 0 saturated carbocycles. The van der Waals surface area contributed by atoms with Crippen LogP contribution in [0.15, 0.2) is 60.4 Å². The number of carbonyl (C=O) groups excluding carboxylic acids is 1. The molecule has 176 valence electrons. The molecule has 5 nitrogen and oxygen atoms in total. The van der Waals surface area contributed by atoms with Crippen LogP contribution in [0.1, 0.15) is 49.8 Å². The molecule has 6 heteroatoms. The van der Waals surface area contributed by atoms with Crippen LogP contribution in [-0.4, -0.2) is 24.1 Å². The quantitative estimate of drug-likeness (QED) is 0.493. The number of allylic oxidation sites excluding steroid dienone is 2. The van der Waals surface area contributed by atoms with E-state index in [4.69, 9.17) is 14.2 Å². The molecule has 0 spiro atoms. The summed E-state index contributed by atoms with van der Waals surface area (Å²) in [5, 5.41) is 5.35. The Balaban J connectivity index is 1.82. The Morgan fingerprint density at radius 1 is 1.26 bits per heavy atom. The summed E-state index contributed by atoms with van der Waals surface area (Å²) in [5.41, 5.74) is 5.25. The van der Waals surface area contributed by atoms with Crippen LogP contribution in [0.2, 0.25) is 0 Å². The summed E-state index contributed by atoms with van der Waals surface area (Å²) < 4.78 is 17.6. The van der Waals surface area contributed by atoms with Crippen LogP contribution >= 0.6 is 12.6 Å². The van der Waals surface area contributed by atoms with Gasteiger partial charge in [0.15, 0.2) is 0 Å². The summed E-state index contributed by atoms with van der Waals surface area (Å²) in [6.07, 6.45) is 6.84. The molecule has 2 aromatic rings. The molecule has 2 atom stereocenters. The van der Waals surface area contributed by atoms with Gasteiger partial charge in [-0.2, -0.15) is 0 Å². The van der Waals surface area contributed by atoms with Crippen molar-refractivity contribution >= 4 is 34.9 Å². The third-order valence-corrected chi connectivity index (χ3v) is 6.78. The molecule has 0 amide bonds. The molecule has 0 saturated heterocycles. The zero-order chi connectivity index (χ0) is 24.0. The number of rotatable bonds is 4. The summed E-state index contributed by atoms with van der Waals surface area (Å²) in [4.78, 5) is 11.2. The van der Waals surface area contributed by atoms with Gasteiger partial charge in [-0.25, -0.2) is 4.79 Å². The van der Waals surface area contributed by atoms with Crippen LogP contribution < -0.4 is 15.8 Å². The van der Waals surface area contributed by atoms with E-state index in [1.165, 1.54) is 5.56 Å². The third kappa shape index (κ3) is 4.05. The Morgan fingerprint density at radius 3 is 2.85 bits per heavy atom. The second-order valence-corrected chi connectivity index (χ2v) is 10.1. The van der Waals surface area contributed by atoms with E-state index < -0.39 is 5.30 Å². The molecule has 2 heterocycles. The van der Waals surface area contributed by atoms with Gasteiger partial charge in [-0.1, -0.05) is 56.0 Å². The van der Waals surface area contributed by atoms with Crippen molar-refractivity contribution in [3.63, 3.8) is 0 Å². The van der Waals surface area contributed by atoms with Crippen LogP contribution in [-0.2, 0) is 20.8 Å². The highest BCUT2D eigenvalue weighted by Gasteiger charge is 2.34. The first kappa shape index (κ1) is 22.8. The number of fused-ring (bicyclic) bond motifs is 4. The van der Waals surface area contributed by atoms with Crippen molar-refractivity contribution < 1.29 is 19.0 Å². The SMILES string of the molecule is COC1C=CC=C2OC(c3cccc(COC(=O)S)c3)=c3c4c(ccc3=C21)NC(C)(C)CC4C. The predicted molar refractivity (Wildman–Crippen MR) is 137 cm³/mol. The van der Waals surface area contributed by atoms with Gasteiger partial charge in [-0.3, -0.25) is 0 Å². The van der Waals surface area contributed by atoms with Crippen molar-refractivity contribution in [1.29, 1.82) is 0 Å². The normalized spacial score (nSPS) is 22.0. The Bertz CT molecular complexity index is 1350. The maximum atomic E-state index is 11.2. The molecule has 0 radical (unpaired) electrons. The lowest BCUT2D eigenvalue weighted by molar-refractivity contribution is 0.169. The van der Waals surface area contributed by atoms with Gasteiger partial charge in [0.25, 0.3) is 0 Å². The molecule has 0 bridgehead atoms.